The first-order valence-corrected chi connectivity index (χ1v) is 7.87. The van der Waals surface area contributed by atoms with Gasteiger partial charge in [-0.1, -0.05) is 11.2 Å². The van der Waals surface area contributed by atoms with Crippen molar-refractivity contribution in [3.63, 3.8) is 0 Å². The predicted octanol–water partition coefficient (Wildman–Crippen LogP) is 3.25. The van der Waals surface area contributed by atoms with E-state index in [2.05, 4.69) is 19.6 Å². The summed E-state index contributed by atoms with van der Waals surface area (Å²) in [4.78, 5) is 19.8. The Bertz CT molecular complexity index is 963. The van der Waals surface area contributed by atoms with Crippen molar-refractivity contribution < 1.29 is 17.7 Å². The van der Waals surface area contributed by atoms with Crippen LogP contribution in [0, 0.1) is 6.92 Å². The topological polar surface area (TPSA) is 73.8 Å². The van der Waals surface area contributed by atoms with Gasteiger partial charge < -0.3 is 9.09 Å². The minimum absolute atomic E-state index is 0.172. The Morgan fingerprint density at radius 3 is 2.65 bits per heavy atom. The van der Waals surface area contributed by atoms with Crippen molar-refractivity contribution >= 4 is 0 Å². The van der Waals surface area contributed by atoms with Gasteiger partial charge in [0.15, 0.2) is 0 Å². The molecule has 0 N–H and O–H groups in total. The summed E-state index contributed by atoms with van der Waals surface area (Å²) in [6.45, 7) is 2.38. The number of pyridine rings is 2. The van der Waals surface area contributed by atoms with Gasteiger partial charge in [0.25, 0.3) is 5.56 Å². The van der Waals surface area contributed by atoms with E-state index < -0.39 is 12.1 Å². The van der Waals surface area contributed by atoms with Crippen LogP contribution < -0.4 is 5.56 Å². The number of halogens is 3. The molecule has 0 saturated carbocycles. The highest BCUT2D eigenvalue weighted by Crippen LogP contribution is 2.29. The number of hydrogen-bond acceptors (Lipinski definition) is 5. The molecule has 0 aliphatic heterocycles. The smallest absolute Gasteiger partial charge is 0.329 e. The number of aromatic nitrogens is 4. The summed E-state index contributed by atoms with van der Waals surface area (Å²) in [6.07, 6.45) is -1.79. The van der Waals surface area contributed by atoms with Crippen LogP contribution in [0.4, 0.5) is 13.2 Å². The summed E-state index contributed by atoms with van der Waals surface area (Å²) in [5, 5.41) is 3.27. The Morgan fingerprint density at radius 2 is 2.00 bits per heavy atom. The molecule has 3 heterocycles. The third kappa shape index (κ3) is 4.16. The minimum atomic E-state index is -4.72. The fraction of sp³-hybridized carbons (Fsp3) is 0.294. The fourth-order valence-electron chi connectivity index (χ4n) is 2.46. The number of nitrogens with zero attached hydrogens (tertiary/aromatic N) is 4. The largest absolute Gasteiger partial charge is 0.471 e. The summed E-state index contributed by atoms with van der Waals surface area (Å²) in [7, 11) is 0. The first-order chi connectivity index (χ1) is 12.3. The molecule has 0 fully saturated rings. The van der Waals surface area contributed by atoms with Crippen LogP contribution in [0.3, 0.4) is 0 Å². The van der Waals surface area contributed by atoms with Gasteiger partial charge in [0, 0.05) is 35.8 Å². The molecule has 0 saturated heterocycles. The minimum Gasteiger partial charge on any atom is -0.329 e. The van der Waals surface area contributed by atoms with Crippen LogP contribution in [0.2, 0.25) is 0 Å². The van der Waals surface area contributed by atoms with Gasteiger partial charge in [0.1, 0.15) is 0 Å². The average molecular weight is 364 g/mol. The van der Waals surface area contributed by atoms with Gasteiger partial charge in [-0.05, 0) is 38.0 Å². The van der Waals surface area contributed by atoms with E-state index in [1.807, 2.05) is 25.1 Å². The van der Waals surface area contributed by atoms with Crippen molar-refractivity contribution in [1.82, 2.24) is 19.7 Å². The average Bonchev–Trinajstić information content (AvgIpc) is 3.07. The van der Waals surface area contributed by atoms with Gasteiger partial charge in [-0.3, -0.25) is 9.78 Å². The quantitative estimate of drug-likeness (QED) is 0.695. The monoisotopic (exact) mass is 364 g/mol. The molecule has 0 aliphatic carbocycles. The third-order valence-corrected chi connectivity index (χ3v) is 3.70. The van der Waals surface area contributed by atoms with Crippen LogP contribution in [0.5, 0.6) is 0 Å². The van der Waals surface area contributed by atoms with E-state index in [0.717, 1.165) is 17.8 Å². The molecule has 0 amide bonds. The van der Waals surface area contributed by atoms with Crippen LogP contribution in [0.25, 0.3) is 11.4 Å². The zero-order valence-corrected chi connectivity index (χ0v) is 13.8. The van der Waals surface area contributed by atoms with E-state index in [1.165, 1.54) is 22.9 Å². The third-order valence-electron chi connectivity index (χ3n) is 3.70. The van der Waals surface area contributed by atoms with Crippen LogP contribution in [-0.2, 0) is 19.1 Å². The van der Waals surface area contributed by atoms with Gasteiger partial charge in [-0.15, -0.1) is 0 Å². The number of alkyl halides is 3. The van der Waals surface area contributed by atoms with E-state index in [9.17, 15) is 18.0 Å². The Labute approximate surface area is 146 Å². The second-order valence-corrected chi connectivity index (χ2v) is 5.74. The lowest BCUT2D eigenvalue weighted by atomic mass is 10.2. The zero-order chi connectivity index (χ0) is 18.7. The summed E-state index contributed by atoms with van der Waals surface area (Å²) in [6, 6.07) is 8.44. The molecule has 9 heteroatoms. The van der Waals surface area contributed by atoms with E-state index >= 15 is 0 Å². The van der Waals surface area contributed by atoms with Crippen molar-refractivity contribution in [3.05, 3.63) is 64.2 Å². The van der Waals surface area contributed by atoms with Crippen molar-refractivity contribution in [2.45, 2.75) is 32.5 Å². The lowest BCUT2D eigenvalue weighted by Gasteiger charge is -2.06. The number of hydrogen-bond donors (Lipinski definition) is 0. The molecule has 0 spiro atoms. The molecule has 0 radical (unpaired) electrons. The van der Waals surface area contributed by atoms with Crippen molar-refractivity contribution in [2.75, 3.05) is 0 Å². The van der Waals surface area contributed by atoms with E-state index in [0.29, 0.717) is 13.0 Å². The van der Waals surface area contributed by atoms with Gasteiger partial charge in [0.2, 0.25) is 5.82 Å². The molecule has 136 valence electrons. The summed E-state index contributed by atoms with van der Waals surface area (Å²) < 4.78 is 43.1. The van der Waals surface area contributed by atoms with Crippen molar-refractivity contribution in [3.8, 4) is 11.4 Å². The first-order valence-electron chi connectivity index (χ1n) is 7.87. The van der Waals surface area contributed by atoms with Gasteiger partial charge in [0.05, 0.1) is 0 Å². The van der Waals surface area contributed by atoms with Gasteiger partial charge >= 0.3 is 12.1 Å². The summed E-state index contributed by atoms with van der Waals surface area (Å²) >= 11 is 0. The molecule has 0 atom stereocenters. The zero-order valence-electron chi connectivity index (χ0n) is 13.8. The molecule has 3 rings (SSSR count). The lowest BCUT2D eigenvalue weighted by Crippen LogP contribution is -2.19. The number of aryl methyl sites for hydroxylation is 3. The standard InChI is InChI=1S/C17H15F3N4O2/c1-11-4-2-5-13(21-11)6-3-8-24-9-7-12(10-14(24)25)15-22-16(26-23-15)17(18,19)20/h2,4-5,7,9-10H,3,6,8H2,1H3. The highest BCUT2D eigenvalue weighted by Gasteiger charge is 2.38. The summed E-state index contributed by atoms with van der Waals surface area (Å²) in [5.41, 5.74) is 1.70. The van der Waals surface area contributed by atoms with Crippen LogP contribution in [0.1, 0.15) is 23.7 Å². The van der Waals surface area contributed by atoms with Crippen LogP contribution in [0.15, 0.2) is 45.8 Å². The Kier molecular flexibility index (Phi) is 4.88. The Morgan fingerprint density at radius 1 is 1.19 bits per heavy atom. The Hall–Kier alpha value is -2.97. The second-order valence-electron chi connectivity index (χ2n) is 5.74. The highest BCUT2D eigenvalue weighted by atomic mass is 19.4. The number of rotatable bonds is 5. The fourth-order valence-corrected chi connectivity index (χ4v) is 2.46. The molecule has 0 unspecified atom stereocenters. The maximum Gasteiger partial charge on any atom is 0.471 e. The van der Waals surface area contributed by atoms with Crippen molar-refractivity contribution in [2.24, 2.45) is 0 Å². The molecule has 0 bridgehead atoms. The lowest BCUT2D eigenvalue weighted by molar-refractivity contribution is -0.159. The second kappa shape index (κ2) is 7.11. The van der Waals surface area contributed by atoms with E-state index in [-0.39, 0.29) is 16.9 Å². The SMILES string of the molecule is Cc1cccc(CCCn2ccc(-c3noc(C(F)(F)F)n3)cc2=O)n1. The Balaban J connectivity index is 1.68. The summed E-state index contributed by atoms with van der Waals surface area (Å²) in [5.74, 6) is -1.71. The molecular weight excluding hydrogens is 349 g/mol. The van der Waals surface area contributed by atoms with E-state index in [4.69, 9.17) is 0 Å². The molecule has 26 heavy (non-hydrogen) atoms. The molecule has 3 aromatic heterocycles. The van der Waals surface area contributed by atoms with Crippen LogP contribution >= 0.6 is 0 Å². The van der Waals surface area contributed by atoms with E-state index in [1.54, 1.807) is 0 Å². The van der Waals surface area contributed by atoms with Gasteiger partial charge in [-0.25, -0.2) is 0 Å². The first kappa shape index (κ1) is 17.8. The molecule has 0 aliphatic rings. The normalized spacial score (nSPS) is 11.7. The van der Waals surface area contributed by atoms with Crippen LogP contribution in [-0.4, -0.2) is 19.7 Å². The predicted molar refractivity (Wildman–Crippen MR) is 86.3 cm³/mol. The van der Waals surface area contributed by atoms with Gasteiger partial charge in [-0.2, -0.15) is 18.2 Å². The molecule has 3 aromatic rings. The molecule has 6 nitrogen and oxygen atoms in total. The maximum atomic E-state index is 12.5. The molecular formula is C17H15F3N4O2. The van der Waals surface area contributed by atoms with Crippen molar-refractivity contribution in [1.29, 1.82) is 0 Å². The highest BCUT2D eigenvalue weighted by molar-refractivity contribution is 5.52. The molecule has 0 aromatic carbocycles. The maximum absolute atomic E-state index is 12.5.